The van der Waals surface area contributed by atoms with E-state index < -0.39 is 271 Å². The van der Waals surface area contributed by atoms with Gasteiger partial charge < -0.3 is 159 Å². The molecule has 2 fully saturated rings. The second-order valence-corrected chi connectivity index (χ2v) is 34.8. The molecule has 18 atom stereocenters. The molecule has 8 amide bonds. The summed E-state index contributed by atoms with van der Waals surface area (Å²) in [6, 6.07) is 5.55. The number of nitrogens with zero attached hydrogens (tertiary/aromatic N) is 1. The molecule has 0 spiro atoms. The van der Waals surface area contributed by atoms with E-state index in [0.717, 1.165) is 105 Å². The highest BCUT2D eigenvalue weighted by atomic mass is 35.5. The SMILES string of the molecule is CN[C@@H]1C(=O)N[C@@H]2Cc3ccc(cc3)Oc3cc4cc(c3O[C@@H]3O[C@H](C(=O)O)[C@@H](O)[C@H](O)[C@H]3NC(=O)CCCCCCCCC(C)C)Oc3ccc(cc3Cl)[C@@H](O)[C@@H]3NC(=O)[C@H](NC(=O)[C@@H]4NC(=O)[C@@H](NC2=O)c2cc(cc(O)c2Cl)Oc2cc1ccc2O)c1ccc(O)c(c1)-c1c(O[C@H]2O[C@H](CO)[C@@H](O)[C@H](O)[C@@H]2O)cc(O)cc1[C@H](C(=O)NCCCN(CCCN)CCCN)NC3=O. The number of phenolic OH excluding ortho intramolecular Hbond substituents is 4. The molecule has 8 aliphatic heterocycles. The fraction of sp³-hybridized carbons (Fsp3) is 0.446. The first-order valence-electron chi connectivity index (χ1n) is 44.1. The van der Waals surface area contributed by atoms with Gasteiger partial charge >= 0.3 is 5.97 Å². The van der Waals surface area contributed by atoms with E-state index in [-0.39, 0.29) is 47.8 Å². The molecule has 40 nitrogen and oxygen atoms in total. The predicted molar refractivity (Wildman–Crippen MR) is 477 cm³/mol. The van der Waals surface area contributed by atoms with Crippen molar-refractivity contribution in [3.05, 3.63) is 164 Å². The smallest absolute Gasteiger partial charge is 0.335 e. The van der Waals surface area contributed by atoms with E-state index in [0.29, 0.717) is 69.9 Å². The van der Waals surface area contributed by atoms with Crippen LogP contribution in [0.2, 0.25) is 10.0 Å². The Labute approximate surface area is 778 Å². The van der Waals surface area contributed by atoms with Gasteiger partial charge in [0.2, 0.25) is 65.6 Å². The average Bonchev–Trinajstić information content (AvgIpc) is 0.756. The van der Waals surface area contributed by atoms with Crippen LogP contribution in [-0.4, -0.2) is 246 Å². The van der Waals surface area contributed by atoms with Gasteiger partial charge in [0, 0.05) is 48.2 Å². The van der Waals surface area contributed by atoms with E-state index in [4.69, 9.17) is 67.8 Å². The summed E-state index contributed by atoms with van der Waals surface area (Å²) in [4.78, 5) is 141. The summed E-state index contributed by atoms with van der Waals surface area (Å²) in [6.07, 6.45) is -14.8. The number of aliphatic hydroxyl groups excluding tert-OH is 7. The summed E-state index contributed by atoms with van der Waals surface area (Å²) in [5.41, 5.74) is 9.02. The largest absolute Gasteiger partial charge is 0.508 e. The minimum atomic E-state index is -2.46. The Morgan fingerprint density at radius 1 is 0.552 bits per heavy atom. The lowest BCUT2D eigenvalue weighted by atomic mass is 9.89. The first-order chi connectivity index (χ1) is 64.1. The van der Waals surface area contributed by atoms with Crippen molar-refractivity contribution in [2.75, 3.05) is 52.9 Å². The van der Waals surface area contributed by atoms with E-state index in [1.807, 2.05) is 0 Å². The van der Waals surface area contributed by atoms with Gasteiger partial charge in [-0.3, -0.25) is 38.4 Å². The molecular formula is C92H110Cl2N12O28. The minimum Gasteiger partial charge on any atom is -0.508 e. The molecule has 134 heavy (non-hydrogen) atoms. The number of amides is 8. The van der Waals surface area contributed by atoms with Crippen LogP contribution in [0.3, 0.4) is 0 Å². The number of rotatable bonds is 28. The molecule has 7 aromatic rings. The number of benzene rings is 7. The molecule has 17 bridgehead atoms. The lowest BCUT2D eigenvalue weighted by Crippen LogP contribution is -2.66. The summed E-state index contributed by atoms with van der Waals surface area (Å²) in [7, 11) is 1.43. The number of carbonyl (C=O) groups is 9. The van der Waals surface area contributed by atoms with Gasteiger partial charge in [0.1, 0.15) is 131 Å². The maximum absolute atomic E-state index is 16.9. The lowest BCUT2D eigenvalue weighted by molar-refractivity contribution is -0.277. The van der Waals surface area contributed by atoms with Gasteiger partial charge in [-0.25, -0.2) is 4.79 Å². The highest BCUT2D eigenvalue weighted by Crippen LogP contribution is 2.51. The van der Waals surface area contributed by atoms with Crippen molar-refractivity contribution in [1.82, 2.24) is 52.8 Å². The highest BCUT2D eigenvalue weighted by Gasteiger charge is 2.52. The zero-order chi connectivity index (χ0) is 96.2. The van der Waals surface area contributed by atoms with Crippen molar-refractivity contribution in [3.8, 4) is 80.1 Å². The first kappa shape index (κ1) is 99.5. The van der Waals surface area contributed by atoms with Crippen molar-refractivity contribution in [3.63, 3.8) is 0 Å². The van der Waals surface area contributed by atoms with Crippen LogP contribution in [-0.2, 0) is 59.0 Å². The molecule has 42 heteroatoms. The molecule has 2 saturated heterocycles. The average molecular weight is 1900 g/mol. The van der Waals surface area contributed by atoms with Crippen LogP contribution < -0.4 is 83.0 Å². The molecule has 15 rings (SSSR count). The first-order valence-corrected chi connectivity index (χ1v) is 44.8. The van der Waals surface area contributed by atoms with Crippen molar-refractivity contribution >= 4 is 76.4 Å². The van der Waals surface area contributed by atoms with Crippen molar-refractivity contribution < 1.29 is 138 Å². The Morgan fingerprint density at radius 3 is 1.87 bits per heavy atom. The summed E-state index contributed by atoms with van der Waals surface area (Å²) < 4.78 is 44.7. The van der Waals surface area contributed by atoms with Crippen molar-refractivity contribution in [2.24, 2.45) is 17.4 Å². The van der Waals surface area contributed by atoms with Crippen LogP contribution in [0.4, 0.5) is 0 Å². The molecule has 0 unspecified atom stereocenters. The summed E-state index contributed by atoms with van der Waals surface area (Å²) >= 11 is 14.4. The number of carboxylic acid groups (broad SMARTS) is 1. The zero-order valence-corrected chi connectivity index (χ0v) is 74.6. The van der Waals surface area contributed by atoms with Gasteiger partial charge in [-0.1, -0.05) is 106 Å². The van der Waals surface area contributed by atoms with Crippen LogP contribution in [0.5, 0.6) is 69.0 Å². The number of carboxylic acids is 1. The van der Waals surface area contributed by atoms with Crippen LogP contribution in [0.25, 0.3) is 11.1 Å². The van der Waals surface area contributed by atoms with Crippen LogP contribution >= 0.6 is 23.2 Å². The molecule has 0 aliphatic carbocycles. The Hall–Kier alpha value is -12.0. The van der Waals surface area contributed by atoms with Crippen LogP contribution in [0, 0.1) is 5.92 Å². The van der Waals surface area contributed by atoms with Crippen LogP contribution in [0.1, 0.15) is 160 Å². The van der Waals surface area contributed by atoms with Gasteiger partial charge in [-0.15, -0.1) is 0 Å². The Morgan fingerprint density at radius 2 is 1.19 bits per heavy atom. The maximum Gasteiger partial charge on any atom is 0.335 e. The number of aliphatic hydroxyl groups is 7. The predicted octanol–water partition coefficient (Wildman–Crippen LogP) is 3.61. The number of fused-ring (bicyclic) bond motifs is 14. The molecule has 8 heterocycles. The normalized spacial score (nSPS) is 25.2. The fourth-order valence-electron chi connectivity index (χ4n) is 16.8. The van der Waals surface area contributed by atoms with E-state index in [9.17, 15) is 75.7 Å². The minimum absolute atomic E-state index is 0.132. The van der Waals surface area contributed by atoms with Crippen LogP contribution in [0.15, 0.2) is 115 Å². The monoisotopic (exact) mass is 1900 g/mol. The highest BCUT2D eigenvalue weighted by molar-refractivity contribution is 6.33. The molecule has 25 N–H and O–H groups in total. The Kier molecular flexibility index (Phi) is 33.0. The van der Waals surface area contributed by atoms with E-state index in [1.54, 1.807) is 0 Å². The number of carbonyl (C=O) groups excluding carboxylic acids is 8. The van der Waals surface area contributed by atoms with Gasteiger partial charge in [0.25, 0.3) is 0 Å². The molecule has 8 aliphatic rings. The number of nitrogens with one attached hydrogen (secondary N) is 9. The van der Waals surface area contributed by atoms with E-state index in [2.05, 4.69) is 66.6 Å². The third kappa shape index (κ3) is 23.2. The third-order valence-electron chi connectivity index (χ3n) is 24.0. The molecule has 7 aromatic carbocycles. The third-order valence-corrected chi connectivity index (χ3v) is 24.7. The number of aliphatic carboxylic acids is 1. The number of hydrogen-bond donors (Lipinski definition) is 23. The Balaban J connectivity index is 1.03. The van der Waals surface area contributed by atoms with Gasteiger partial charge in [0.15, 0.2) is 29.1 Å². The number of hydrogen-bond acceptors (Lipinski definition) is 31. The zero-order valence-electron chi connectivity index (χ0n) is 73.1. The number of nitrogens with two attached hydrogens (primary N) is 2. The molecule has 0 radical (unpaired) electrons. The number of unbranched alkanes of at least 4 members (excludes halogenated alkanes) is 5. The molecule has 720 valence electrons. The van der Waals surface area contributed by atoms with E-state index >= 15 is 28.8 Å². The Bertz CT molecular complexity index is 5460. The van der Waals surface area contributed by atoms with Gasteiger partial charge in [-0.05, 0) is 178 Å². The molecule has 0 aromatic heterocycles. The number of likely N-dealkylation sites (N-methyl/N-ethyl adjacent to an activating group) is 1. The summed E-state index contributed by atoms with van der Waals surface area (Å²) in [6.45, 7) is 5.37. The second kappa shape index (κ2) is 44.5. The summed E-state index contributed by atoms with van der Waals surface area (Å²) in [5, 5.41) is 162. The number of halogens is 2. The molecule has 0 saturated carbocycles. The number of aromatic hydroxyl groups is 4. The van der Waals surface area contributed by atoms with Crippen molar-refractivity contribution in [2.45, 2.75) is 201 Å². The second-order valence-electron chi connectivity index (χ2n) is 34.0. The maximum atomic E-state index is 16.9. The quantitative estimate of drug-likeness (QED) is 0.0311. The fourth-order valence-corrected chi connectivity index (χ4v) is 17.2. The number of ether oxygens (including phenoxy) is 7. The number of phenols is 4. The lowest BCUT2D eigenvalue weighted by Gasteiger charge is -2.41. The van der Waals surface area contributed by atoms with Gasteiger partial charge in [-0.2, -0.15) is 0 Å². The van der Waals surface area contributed by atoms with Crippen molar-refractivity contribution in [1.29, 1.82) is 0 Å². The molecular weight excluding hydrogens is 1790 g/mol. The topological polar surface area (TPSA) is 625 Å². The van der Waals surface area contributed by atoms with E-state index in [1.165, 1.54) is 49.5 Å². The summed E-state index contributed by atoms with van der Waals surface area (Å²) in [5.74, 6) is -17.6. The standard InChI is InChI=1S/C92H110Cl2N12O28/c1-42(2)13-8-6-4-5-7-9-14-65(112)100-74-77(115)79(117)82(90(126)127)134-91(74)133-81-62-35-47-36-63(81)130-59-24-19-46(33-54(59)93)75(113)73-89(125)104-71(84(120)98-27-12-30-106(28-10-25-95)29-11-26-96)52-37-48(108)38-61(131-92-80(118)78(116)76(114)64(41-107)132-92)66(52)51-32-44(17-22-56(51)109)69(86(122)105-73)101-87(123)70(47)102-88(124)72-53-39-50(40-58(111)67(53)94)129-60-34-45(18-23-57(60)110)68(97-3)85(121)99-55(83(119)103-72)31-43-15-20-49(128-62)21-16-43/h15-24,32-40,42,55,64,68-80,82,91-92,97,107-111,113-118H,4-14,25-31,41,95-96H2,1-3H3,(H,98,120)(H,99,121)(H,100,112)(H,101,123)(H,102,124)(H,103,119)(H,104,125)(H,105,122)(H,126,127)/t55-,64-,68+,69-,70-,71-,72+,73+,74-,75-,76-,77-,78+,79+,80+,82+,91-,92+/m1/s1. The van der Waals surface area contributed by atoms with Gasteiger partial charge in [0.05, 0.1) is 16.7 Å².